The summed E-state index contributed by atoms with van der Waals surface area (Å²) in [6, 6.07) is 17.5. The van der Waals surface area contributed by atoms with Crippen molar-refractivity contribution in [1.82, 2.24) is 9.13 Å². The highest BCUT2D eigenvalue weighted by molar-refractivity contribution is 14.1. The lowest BCUT2D eigenvalue weighted by atomic mass is 9.96. The summed E-state index contributed by atoms with van der Waals surface area (Å²) in [6.45, 7) is 10.1. The van der Waals surface area contributed by atoms with E-state index in [1.54, 1.807) is 18.4 Å². The van der Waals surface area contributed by atoms with E-state index in [-0.39, 0.29) is 12.2 Å². The molecule has 5 rings (SSSR count). The second-order valence-electron chi connectivity index (χ2n) is 9.31. The Bertz CT molecular complexity index is 1780. The van der Waals surface area contributed by atoms with Crippen LogP contribution in [0.1, 0.15) is 48.0 Å². The molecule has 0 fully saturated rings. The largest absolute Gasteiger partial charge is 0.463 e. The third-order valence-corrected chi connectivity index (χ3v) is 8.98. The maximum Gasteiger partial charge on any atom is 0.338 e. The number of aromatic nitrogens is 2. The van der Waals surface area contributed by atoms with E-state index < -0.39 is 12.0 Å². The summed E-state index contributed by atoms with van der Waals surface area (Å²) in [5.74, 6) is -0.451. The molecule has 0 spiro atoms. The van der Waals surface area contributed by atoms with Crippen LogP contribution in [0.2, 0.25) is 0 Å². The zero-order valence-electron chi connectivity index (χ0n) is 21.9. The first kappa shape index (κ1) is 26.4. The number of nitrogens with zero attached hydrogens (tertiary/aromatic N) is 3. The van der Waals surface area contributed by atoms with Gasteiger partial charge in [-0.1, -0.05) is 41.7 Å². The zero-order chi connectivity index (χ0) is 27.1. The molecular weight excluding hydrogens is 609 g/mol. The fourth-order valence-electron chi connectivity index (χ4n) is 4.98. The molecule has 0 aliphatic carbocycles. The maximum atomic E-state index is 13.9. The first-order chi connectivity index (χ1) is 18.2. The molecule has 0 N–H and O–H groups in total. The molecule has 0 saturated carbocycles. The van der Waals surface area contributed by atoms with E-state index in [0.717, 1.165) is 28.2 Å². The number of rotatable bonds is 5. The molecule has 1 aliphatic heterocycles. The summed E-state index contributed by atoms with van der Waals surface area (Å²) in [5.41, 5.74) is 7.05. The number of fused-ring (bicyclic) bond motifs is 1. The van der Waals surface area contributed by atoms with E-state index in [2.05, 4.69) is 77.2 Å². The lowest BCUT2D eigenvalue weighted by molar-refractivity contribution is -0.139. The predicted molar refractivity (Wildman–Crippen MR) is 160 cm³/mol. The van der Waals surface area contributed by atoms with Crippen molar-refractivity contribution in [3.63, 3.8) is 0 Å². The number of hydrogen-bond donors (Lipinski definition) is 0. The Morgan fingerprint density at radius 2 is 1.84 bits per heavy atom. The number of aryl methyl sites for hydroxylation is 2. The van der Waals surface area contributed by atoms with Crippen molar-refractivity contribution in [3.05, 3.63) is 117 Å². The summed E-state index contributed by atoms with van der Waals surface area (Å²) in [6.07, 6.45) is 1.94. The fourth-order valence-corrected chi connectivity index (χ4v) is 6.36. The van der Waals surface area contributed by atoms with Gasteiger partial charge in [0.25, 0.3) is 5.56 Å². The van der Waals surface area contributed by atoms with E-state index in [1.165, 1.54) is 20.5 Å². The summed E-state index contributed by atoms with van der Waals surface area (Å²) in [7, 11) is 0. The van der Waals surface area contributed by atoms with Crippen LogP contribution in [-0.2, 0) is 9.53 Å². The molecule has 4 aromatic rings. The number of benzene rings is 2. The van der Waals surface area contributed by atoms with E-state index in [0.29, 0.717) is 20.6 Å². The molecule has 6 nitrogen and oxygen atoms in total. The van der Waals surface area contributed by atoms with Crippen molar-refractivity contribution in [2.24, 2.45) is 4.99 Å². The van der Waals surface area contributed by atoms with Gasteiger partial charge in [-0.05, 0) is 104 Å². The fraction of sp³-hybridized carbons (Fsp3) is 0.233. The number of hydrogen-bond acceptors (Lipinski definition) is 5. The lowest BCUT2D eigenvalue weighted by Gasteiger charge is -2.24. The van der Waals surface area contributed by atoms with Crippen LogP contribution in [-0.4, -0.2) is 21.7 Å². The highest BCUT2D eigenvalue weighted by Crippen LogP contribution is 2.30. The van der Waals surface area contributed by atoms with Crippen LogP contribution in [0.3, 0.4) is 0 Å². The van der Waals surface area contributed by atoms with Crippen LogP contribution in [0.25, 0.3) is 11.8 Å². The monoisotopic (exact) mass is 637 g/mol. The summed E-state index contributed by atoms with van der Waals surface area (Å²) >= 11 is 3.69. The number of ether oxygens (including phenoxy) is 1. The molecule has 38 heavy (non-hydrogen) atoms. The van der Waals surface area contributed by atoms with Gasteiger partial charge in [-0.2, -0.15) is 0 Å². The quantitative estimate of drug-likeness (QED) is 0.226. The topological polar surface area (TPSA) is 65.6 Å². The predicted octanol–water partition coefficient (Wildman–Crippen LogP) is 5.12. The highest BCUT2D eigenvalue weighted by Gasteiger charge is 2.33. The standard InChI is InChI=1S/C30H28IN3O3S/c1-6-37-29(36)26-19(4)32-30-34(27(26)21-10-8-7-9-11-21)28(35)25(38-30)16-22-15-18(3)33(20(22)5)23-12-13-24(31)17(2)14-23/h7-16,27H,6H2,1-5H3. The average Bonchev–Trinajstić information content (AvgIpc) is 3.34. The van der Waals surface area contributed by atoms with Crippen LogP contribution in [0.5, 0.6) is 0 Å². The number of thiazole rings is 1. The van der Waals surface area contributed by atoms with Crippen molar-refractivity contribution in [2.45, 2.75) is 40.7 Å². The summed E-state index contributed by atoms with van der Waals surface area (Å²) in [5, 5.41) is 0. The Kier molecular flexibility index (Phi) is 7.28. The van der Waals surface area contributed by atoms with Crippen LogP contribution < -0.4 is 14.9 Å². The van der Waals surface area contributed by atoms with E-state index >= 15 is 0 Å². The molecule has 0 radical (unpaired) electrons. The number of esters is 1. The smallest absolute Gasteiger partial charge is 0.338 e. The van der Waals surface area contributed by atoms with E-state index in [4.69, 9.17) is 4.74 Å². The maximum absolute atomic E-state index is 13.9. The molecule has 194 valence electrons. The van der Waals surface area contributed by atoms with Crippen LogP contribution in [0.4, 0.5) is 0 Å². The van der Waals surface area contributed by atoms with Crippen molar-refractivity contribution in [2.75, 3.05) is 6.61 Å². The van der Waals surface area contributed by atoms with Gasteiger partial charge in [-0.15, -0.1) is 0 Å². The van der Waals surface area contributed by atoms with Crippen molar-refractivity contribution < 1.29 is 9.53 Å². The minimum atomic E-state index is -0.601. The van der Waals surface area contributed by atoms with Gasteiger partial charge < -0.3 is 9.30 Å². The average molecular weight is 638 g/mol. The molecule has 1 aliphatic rings. The minimum absolute atomic E-state index is 0.174. The Morgan fingerprint density at radius 1 is 1.11 bits per heavy atom. The molecule has 0 saturated heterocycles. The first-order valence-electron chi connectivity index (χ1n) is 12.4. The van der Waals surface area contributed by atoms with Crippen LogP contribution in [0, 0.1) is 24.3 Å². The number of carbonyl (C=O) groups is 1. The van der Waals surface area contributed by atoms with Gasteiger partial charge in [-0.3, -0.25) is 9.36 Å². The molecule has 8 heteroatoms. The van der Waals surface area contributed by atoms with Crippen molar-refractivity contribution in [3.8, 4) is 5.69 Å². The third kappa shape index (κ3) is 4.60. The summed E-state index contributed by atoms with van der Waals surface area (Å²) < 4.78 is 11.0. The van der Waals surface area contributed by atoms with Gasteiger partial charge in [0.2, 0.25) is 0 Å². The molecule has 0 amide bonds. The molecule has 1 atom stereocenters. The van der Waals surface area contributed by atoms with Gasteiger partial charge in [0, 0.05) is 20.6 Å². The molecule has 0 bridgehead atoms. The minimum Gasteiger partial charge on any atom is -0.463 e. The van der Waals surface area contributed by atoms with Crippen molar-refractivity contribution in [1.29, 1.82) is 0 Å². The second kappa shape index (κ2) is 10.5. The summed E-state index contributed by atoms with van der Waals surface area (Å²) in [4.78, 5) is 32.1. The SMILES string of the molecule is CCOC(=O)C1=C(C)N=c2sc(=Cc3cc(C)n(-c4ccc(I)c(C)c4)c3C)c(=O)n2C1c1ccccc1. The van der Waals surface area contributed by atoms with E-state index in [1.807, 2.05) is 36.4 Å². The van der Waals surface area contributed by atoms with Gasteiger partial charge in [0.15, 0.2) is 4.80 Å². The lowest BCUT2D eigenvalue weighted by Crippen LogP contribution is -2.39. The Balaban J connectivity index is 1.68. The number of carbonyl (C=O) groups excluding carboxylic acids is 1. The molecular formula is C30H28IN3O3S. The molecule has 3 heterocycles. The van der Waals surface area contributed by atoms with Crippen LogP contribution in [0.15, 0.2) is 75.7 Å². The molecule has 1 unspecified atom stereocenters. The van der Waals surface area contributed by atoms with Gasteiger partial charge >= 0.3 is 5.97 Å². The molecule has 2 aromatic carbocycles. The van der Waals surface area contributed by atoms with E-state index in [9.17, 15) is 9.59 Å². The normalized spacial score (nSPS) is 15.4. The Morgan fingerprint density at radius 3 is 2.53 bits per heavy atom. The zero-order valence-corrected chi connectivity index (χ0v) is 24.9. The highest BCUT2D eigenvalue weighted by atomic mass is 127. The Labute approximate surface area is 238 Å². The van der Waals surface area contributed by atoms with Gasteiger partial charge in [0.05, 0.1) is 28.5 Å². The first-order valence-corrected chi connectivity index (χ1v) is 14.3. The molecule has 2 aromatic heterocycles. The number of halogens is 1. The third-order valence-electron chi connectivity index (χ3n) is 6.79. The van der Waals surface area contributed by atoms with Gasteiger partial charge in [-0.25, -0.2) is 9.79 Å². The van der Waals surface area contributed by atoms with Crippen molar-refractivity contribution >= 4 is 46.0 Å². The Hall–Kier alpha value is -3.24. The number of allylic oxidation sites excluding steroid dienone is 1. The van der Waals surface area contributed by atoms with Crippen LogP contribution >= 0.6 is 33.9 Å². The second-order valence-corrected chi connectivity index (χ2v) is 11.5. The van der Waals surface area contributed by atoms with Gasteiger partial charge in [0.1, 0.15) is 0 Å².